The number of aryl methyl sites for hydroxylation is 1. The lowest BCUT2D eigenvalue weighted by Crippen LogP contribution is -2.60. The third kappa shape index (κ3) is 5.63. The first kappa shape index (κ1) is 33.3. The minimum atomic E-state index is -0.909. The normalized spacial score (nSPS) is 27.3. The number of likely N-dealkylation sites (tertiary alicyclic amines) is 1. The standard InChI is InChI=1S/C36H44ClN3O4S/c1-6-17-38(18-7-2)33(42)29-28-20-24(5)36(45-28)30(29)34(43)40(26(22-41)21-25-14-10-9-11-15-25)32(36)35(44)39(19-8-3)31-23(4)13-12-16-27(31)37/h6,8-16,24,26,28-30,32,41H,1,3,7,17-22H2,2,4-5H3/t24?,26-,28+,29-,30+,32?,36?/m1/s1. The van der Waals surface area contributed by atoms with Gasteiger partial charge in [0, 0.05) is 24.9 Å². The van der Waals surface area contributed by atoms with Crippen molar-refractivity contribution in [1.82, 2.24) is 9.80 Å². The highest BCUT2D eigenvalue weighted by molar-refractivity contribution is 8.02. The van der Waals surface area contributed by atoms with Crippen LogP contribution in [0.15, 0.2) is 73.8 Å². The largest absolute Gasteiger partial charge is 0.394 e. The van der Waals surface area contributed by atoms with Crippen molar-refractivity contribution < 1.29 is 19.5 Å². The Morgan fingerprint density at radius 1 is 1.13 bits per heavy atom. The van der Waals surface area contributed by atoms with E-state index in [2.05, 4.69) is 20.1 Å². The summed E-state index contributed by atoms with van der Waals surface area (Å²) in [5.74, 6) is -1.81. The van der Waals surface area contributed by atoms with Gasteiger partial charge in [0.1, 0.15) is 6.04 Å². The van der Waals surface area contributed by atoms with Gasteiger partial charge >= 0.3 is 0 Å². The number of thioether (sulfide) groups is 1. The average Bonchev–Trinajstić information content (AvgIpc) is 3.62. The summed E-state index contributed by atoms with van der Waals surface area (Å²) in [5.41, 5.74) is 2.36. The average molecular weight is 650 g/mol. The lowest BCUT2D eigenvalue weighted by atomic mass is 9.65. The van der Waals surface area contributed by atoms with Crippen LogP contribution in [-0.4, -0.2) is 80.9 Å². The number of nitrogens with zero attached hydrogens (tertiary/aromatic N) is 3. The molecule has 0 aromatic heterocycles. The Morgan fingerprint density at radius 2 is 1.84 bits per heavy atom. The van der Waals surface area contributed by atoms with Crippen molar-refractivity contribution in [3.63, 3.8) is 0 Å². The third-order valence-corrected chi connectivity index (χ3v) is 12.2. The maximum Gasteiger partial charge on any atom is 0.251 e. The molecule has 1 N–H and O–H groups in total. The van der Waals surface area contributed by atoms with Crippen molar-refractivity contribution in [2.45, 2.75) is 62.1 Å². The number of carbonyl (C=O) groups excluding carboxylic acids is 3. The zero-order valence-electron chi connectivity index (χ0n) is 26.4. The van der Waals surface area contributed by atoms with Crippen LogP contribution in [0.5, 0.6) is 0 Å². The number of halogens is 1. The second-order valence-corrected chi connectivity index (χ2v) is 14.5. The molecular weight excluding hydrogens is 606 g/mol. The fraction of sp³-hybridized carbons (Fsp3) is 0.472. The molecule has 3 aliphatic heterocycles. The smallest absolute Gasteiger partial charge is 0.251 e. The first-order chi connectivity index (χ1) is 21.7. The Kier molecular flexibility index (Phi) is 10.2. The molecule has 0 saturated carbocycles. The van der Waals surface area contributed by atoms with Gasteiger partial charge in [-0.2, -0.15) is 0 Å². The summed E-state index contributed by atoms with van der Waals surface area (Å²) in [6, 6.07) is 13.6. The Balaban J connectivity index is 1.66. The summed E-state index contributed by atoms with van der Waals surface area (Å²) >= 11 is 8.38. The predicted molar refractivity (Wildman–Crippen MR) is 182 cm³/mol. The van der Waals surface area contributed by atoms with Crippen molar-refractivity contribution >= 4 is 46.8 Å². The quantitative estimate of drug-likeness (QED) is 0.289. The number of hydrogen-bond acceptors (Lipinski definition) is 5. The summed E-state index contributed by atoms with van der Waals surface area (Å²) < 4.78 is -0.843. The monoisotopic (exact) mass is 649 g/mol. The Labute approximate surface area is 276 Å². The van der Waals surface area contributed by atoms with E-state index in [1.165, 1.54) is 0 Å². The molecule has 3 amide bonds. The number of hydrogen-bond donors (Lipinski definition) is 1. The number of amides is 3. The van der Waals surface area contributed by atoms with Gasteiger partial charge in [-0.3, -0.25) is 14.4 Å². The van der Waals surface area contributed by atoms with Crippen LogP contribution in [-0.2, 0) is 20.8 Å². The van der Waals surface area contributed by atoms with E-state index in [0.29, 0.717) is 30.2 Å². The maximum absolute atomic E-state index is 15.2. The minimum absolute atomic E-state index is 0.0162. The number of fused-ring (bicyclic) bond motifs is 1. The van der Waals surface area contributed by atoms with Gasteiger partial charge in [-0.1, -0.05) is 80.1 Å². The molecule has 3 saturated heterocycles. The summed E-state index contributed by atoms with van der Waals surface area (Å²) in [4.78, 5) is 49.5. The number of anilines is 1. The molecule has 2 aromatic rings. The lowest BCUT2D eigenvalue weighted by molar-refractivity contribution is -0.145. The van der Waals surface area contributed by atoms with Gasteiger partial charge in [-0.15, -0.1) is 24.9 Å². The van der Waals surface area contributed by atoms with Gasteiger partial charge in [0.25, 0.3) is 5.91 Å². The highest BCUT2D eigenvalue weighted by Gasteiger charge is 2.77. The Morgan fingerprint density at radius 3 is 2.47 bits per heavy atom. The van der Waals surface area contributed by atoms with Crippen LogP contribution in [0, 0.1) is 24.7 Å². The number of para-hydroxylation sites is 1. The van der Waals surface area contributed by atoms with Gasteiger partial charge in [0.2, 0.25) is 11.8 Å². The molecule has 45 heavy (non-hydrogen) atoms. The molecule has 7 nitrogen and oxygen atoms in total. The fourth-order valence-electron chi connectivity index (χ4n) is 8.01. The third-order valence-electron chi connectivity index (χ3n) is 9.81. The van der Waals surface area contributed by atoms with Gasteiger partial charge in [-0.05, 0) is 49.3 Å². The Hall–Kier alpha value is -3.07. The molecule has 7 atom stereocenters. The zero-order valence-corrected chi connectivity index (χ0v) is 28.0. The first-order valence-corrected chi connectivity index (χ1v) is 17.1. The van der Waals surface area contributed by atoms with Crippen LogP contribution in [0.25, 0.3) is 0 Å². The second kappa shape index (κ2) is 13.7. The van der Waals surface area contributed by atoms with E-state index in [1.807, 2.05) is 56.3 Å². The maximum atomic E-state index is 15.2. The van der Waals surface area contributed by atoms with Gasteiger partial charge in [0.15, 0.2) is 0 Å². The molecule has 0 aliphatic carbocycles. The topological polar surface area (TPSA) is 81.2 Å². The highest BCUT2D eigenvalue weighted by atomic mass is 35.5. The van der Waals surface area contributed by atoms with Crippen LogP contribution in [0.2, 0.25) is 5.02 Å². The molecule has 2 bridgehead atoms. The molecule has 3 aliphatic rings. The van der Waals surface area contributed by atoms with E-state index in [0.717, 1.165) is 24.0 Å². The molecule has 5 rings (SSSR count). The van der Waals surface area contributed by atoms with Crippen LogP contribution < -0.4 is 4.90 Å². The van der Waals surface area contributed by atoms with Crippen LogP contribution in [0.3, 0.4) is 0 Å². The van der Waals surface area contributed by atoms with Crippen LogP contribution >= 0.6 is 23.4 Å². The molecule has 9 heteroatoms. The number of aliphatic hydroxyl groups excluding tert-OH is 1. The molecule has 2 aromatic carbocycles. The van der Waals surface area contributed by atoms with Crippen molar-refractivity contribution in [3.05, 3.63) is 90.0 Å². The van der Waals surface area contributed by atoms with E-state index in [1.54, 1.807) is 44.7 Å². The van der Waals surface area contributed by atoms with Crippen molar-refractivity contribution in [2.24, 2.45) is 17.8 Å². The summed E-state index contributed by atoms with van der Waals surface area (Å²) in [5, 5.41) is 11.2. The number of rotatable bonds is 13. The van der Waals surface area contributed by atoms with E-state index < -0.39 is 28.7 Å². The SMILES string of the molecule is C=CCN(CCC)C(=O)[C@@H]1[C@@H]2CC(C)C3(S2)C(C(=O)N(CC=C)c2c(C)cccc2Cl)N([C@@H](CO)Cc2ccccc2)C(=O)[C@H]13. The molecule has 3 heterocycles. The first-order valence-electron chi connectivity index (χ1n) is 15.9. The molecule has 3 fully saturated rings. The number of aliphatic hydroxyl groups is 1. The van der Waals surface area contributed by atoms with Gasteiger partial charge < -0.3 is 19.8 Å². The second-order valence-electron chi connectivity index (χ2n) is 12.5. The number of carbonyl (C=O) groups is 3. The van der Waals surface area contributed by atoms with E-state index >= 15 is 4.79 Å². The summed E-state index contributed by atoms with van der Waals surface area (Å²) in [6.45, 7) is 14.7. The molecule has 1 spiro atoms. The van der Waals surface area contributed by atoms with E-state index in [-0.39, 0.29) is 42.0 Å². The predicted octanol–water partition coefficient (Wildman–Crippen LogP) is 5.53. The van der Waals surface area contributed by atoms with Crippen LogP contribution in [0.4, 0.5) is 5.69 Å². The molecule has 0 radical (unpaired) electrons. The minimum Gasteiger partial charge on any atom is -0.394 e. The van der Waals surface area contributed by atoms with Crippen LogP contribution in [0.1, 0.15) is 37.8 Å². The van der Waals surface area contributed by atoms with E-state index in [4.69, 9.17) is 11.6 Å². The Bertz CT molecular complexity index is 1430. The van der Waals surface area contributed by atoms with E-state index in [9.17, 15) is 14.7 Å². The highest BCUT2D eigenvalue weighted by Crippen LogP contribution is 2.69. The van der Waals surface area contributed by atoms with Gasteiger partial charge in [-0.25, -0.2) is 0 Å². The number of benzene rings is 2. The lowest BCUT2D eigenvalue weighted by Gasteiger charge is -2.42. The molecule has 240 valence electrons. The molecular formula is C36H44ClN3O4S. The van der Waals surface area contributed by atoms with Crippen molar-refractivity contribution in [1.29, 1.82) is 0 Å². The fourth-order valence-corrected chi connectivity index (χ4v) is 10.7. The zero-order chi connectivity index (χ0) is 32.5. The van der Waals surface area contributed by atoms with Gasteiger partial charge in [0.05, 0.1) is 39.9 Å². The summed E-state index contributed by atoms with van der Waals surface area (Å²) in [6.07, 6.45) is 5.28. The van der Waals surface area contributed by atoms with Crippen molar-refractivity contribution in [2.75, 3.05) is 31.1 Å². The van der Waals surface area contributed by atoms with Crippen molar-refractivity contribution in [3.8, 4) is 0 Å². The molecule has 3 unspecified atom stereocenters. The summed E-state index contributed by atoms with van der Waals surface area (Å²) in [7, 11) is 0.